The molecule has 1 aliphatic heterocycles. The zero-order valence-electron chi connectivity index (χ0n) is 18.6. The van der Waals surface area contributed by atoms with Crippen LogP contribution in [0.15, 0.2) is 36.4 Å². The first-order valence-corrected chi connectivity index (χ1v) is 11.3. The fourth-order valence-corrected chi connectivity index (χ4v) is 4.17. The maximum Gasteiger partial charge on any atom is 0.254 e. The maximum atomic E-state index is 13.1. The van der Waals surface area contributed by atoms with Crippen molar-refractivity contribution in [2.24, 2.45) is 0 Å². The number of nitrogens with one attached hydrogen (secondary N) is 3. The quantitative estimate of drug-likeness (QED) is 0.516. The number of hydrogen-bond acceptors (Lipinski definition) is 4. The molecule has 0 bridgehead atoms. The number of imidazole rings is 1. The molecule has 3 aromatic rings. The highest BCUT2D eigenvalue weighted by Gasteiger charge is 2.23. The highest BCUT2D eigenvalue weighted by molar-refractivity contribution is 6.31. The summed E-state index contributed by atoms with van der Waals surface area (Å²) < 4.78 is 0. The number of nitrogens with zero attached hydrogens (tertiary/aromatic N) is 2. The molecule has 4 rings (SSSR count). The Morgan fingerprint density at radius 3 is 2.61 bits per heavy atom. The molecular weight excluding hydrogens is 442 g/mol. The van der Waals surface area contributed by atoms with Crippen molar-refractivity contribution in [2.75, 3.05) is 19.6 Å². The summed E-state index contributed by atoms with van der Waals surface area (Å²) in [6.45, 7) is 4.95. The van der Waals surface area contributed by atoms with E-state index < -0.39 is 6.04 Å². The van der Waals surface area contributed by atoms with Crippen LogP contribution in [0, 0.1) is 6.92 Å². The largest absolute Gasteiger partial charge is 0.354 e. The van der Waals surface area contributed by atoms with Crippen LogP contribution < -0.4 is 10.6 Å². The number of likely N-dealkylation sites (tertiary alicyclic amines) is 1. The monoisotopic (exact) mass is 467 g/mol. The van der Waals surface area contributed by atoms with Crippen LogP contribution in [0.1, 0.15) is 57.9 Å². The summed E-state index contributed by atoms with van der Waals surface area (Å²) in [5.74, 6) is -0.0329. The Balaban J connectivity index is 1.55. The molecular formula is C24H26ClN5O3. The van der Waals surface area contributed by atoms with Gasteiger partial charge in [-0.1, -0.05) is 11.6 Å². The zero-order chi connectivity index (χ0) is 23.5. The van der Waals surface area contributed by atoms with Crippen molar-refractivity contribution in [3.8, 4) is 0 Å². The standard InChI is InChI=1S/C24H26ClN5O3/c1-14-11-16(5-7-18(14)24(33)30-9-3-4-10-30)23(32)29-21(13-26-15(2)31)22-27-19-8-6-17(25)12-20(19)28-22/h5-8,11-12,21H,3-4,9-10,13H2,1-2H3,(H,26,31)(H,27,28)(H,29,32)/t21-/m0/s1. The van der Waals surface area contributed by atoms with Gasteiger partial charge in [0.2, 0.25) is 5.91 Å². The first kappa shape index (κ1) is 22.8. The number of carbonyl (C=O) groups excluding carboxylic acids is 3. The molecule has 0 aliphatic carbocycles. The number of rotatable bonds is 6. The molecule has 0 radical (unpaired) electrons. The summed E-state index contributed by atoms with van der Waals surface area (Å²) in [7, 11) is 0. The van der Waals surface area contributed by atoms with Crippen molar-refractivity contribution in [1.82, 2.24) is 25.5 Å². The van der Waals surface area contributed by atoms with Gasteiger partial charge in [0, 0.05) is 42.7 Å². The number of benzene rings is 2. The third kappa shape index (κ3) is 5.17. The van der Waals surface area contributed by atoms with Crippen LogP contribution in [0.5, 0.6) is 0 Å². The van der Waals surface area contributed by atoms with Crippen molar-refractivity contribution in [2.45, 2.75) is 32.7 Å². The molecule has 33 heavy (non-hydrogen) atoms. The normalized spacial score (nSPS) is 14.3. The van der Waals surface area contributed by atoms with Crippen molar-refractivity contribution < 1.29 is 14.4 Å². The predicted molar refractivity (Wildman–Crippen MR) is 126 cm³/mol. The van der Waals surface area contributed by atoms with Gasteiger partial charge >= 0.3 is 0 Å². The molecule has 0 unspecified atom stereocenters. The maximum absolute atomic E-state index is 13.1. The van der Waals surface area contributed by atoms with Crippen molar-refractivity contribution >= 4 is 40.4 Å². The third-order valence-corrected chi connectivity index (χ3v) is 6.00. The van der Waals surface area contributed by atoms with Gasteiger partial charge in [0.1, 0.15) is 11.9 Å². The average Bonchev–Trinajstić information content (AvgIpc) is 3.45. The van der Waals surface area contributed by atoms with E-state index in [2.05, 4.69) is 20.6 Å². The molecule has 3 amide bonds. The highest BCUT2D eigenvalue weighted by atomic mass is 35.5. The van der Waals surface area contributed by atoms with E-state index in [0.29, 0.717) is 27.5 Å². The minimum absolute atomic E-state index is 0.00132. The second-order valence-corrected chi connectivity index (χ2v) is 8.71. The van der Waals surface area contributed by atoms with Gasteiger partial charge in [-0.05, 0) is 61.7 Å². The highest BCUT2D eigenvalue weighted by Crippen LogP contribution is 2.21. The van der Waals surface area contributed by atoms with E-state index in [1.165, 1.54) is 6.92 Å². The molecule has 3 N–H and O–H groups in total. The molecule has 8 nitrogen and oxygen atoms in total. The number of hydrogen-bond donors (Lipinski definition) is 3. The second kappa shape index (κ2) is 9.62. The van der Waals surface area contributed by atoms with Crippen LogP contribution in [-0.2, 0) is 4.79 Å². The lowest BCUT2D eigenvalue weighted by Crippen LogP contribution is -2.37. The summed E-state index contributed by atoms with van der Waals surface area (Å²) in [6, 6.07) is 9.78. The van der Waals surface area contributed by atoms with Crippen LogP contribution >= 0.6 is 11.6 Å². The molecule has 1 fully saturated rings. The van der Waals surface area contributed by atoms with Crippen LogP contribution in [0.25, 0.3) is 11.0 Å². The zero-order valence-corrected chi connectivity index (χ0v) is 19.3. The fourth-order valence-electron chi connectivity index (χ4n) is 4.00. The number of aromatic nitrogens is 2. The van der Waals surface area contributed by atoms with E-state index in [4.69, 9.17) is 11.6 Å². The van der Waals surface area contributed by atoms with Crippen molar-refractivity contribution in [1.29, 1.82) is 0 Å². The molecule has 9 heteroatoms. The van der Waals surface area contributed by atoms with Crippen LogP contribution in [0.4, 0.5) is 0 Å². The summed E-state index contributed by atoms with van der Waals surface area (Å²) >= 11 is 6.06. The van der Waals surface area contributed by atoms with Gasteiger partial charge in [0.05, 0.1) is 11.0 Å². The first-order valence-electron chi connectivity index (χ1n) is 10.9. The number of halogens is 1. The molecule has 2 heterocycles. The van der Waals surface area contributed by atoms with Crippen LogP contribution in [-0.4, -0.2) is 52.2 Å². The van der Waals surface area contributed by atoms with Crippen LogP contribution in [0.3, 0.4) is 0 Å². The number of fused-ring (bicyclic) bond motifs is 1. The van der Waals surface area contributed by atoms with Crippen LogP contribution in [0.2, 0.25) is 5.02 Å². The fraction of sp³-hybridized carbons (Fsp3) is 0.333. The Bertz CT molecular complexity index is 1220. The summed E-state index contributed by atoms with van der Waals surface area (Å²) in [6.07, 6.45) is 2.05. The summed E-state index contributed by atoms with van der Waals surface area (Å²) in [4.78, 5) is 46.9. The van der Waals surface area contributed by atoms with E-state index in [0.717, 1.165) is 37.0 Å². The lowest BCUT2D eigenvalue weighted by molar-refractivity contribution is -0.119. The van der Waals surface area contributed by atoms with Crippen molar-refractivity contribution in [3.05, 3.63) is 63.9 Å². The van der Waals surface area contributed by atoms with Gasteiger partial charge in [0.25, 0.3) is 11.8 Å². The molecule has 1 saturated heterocycles. The minimum Gasteiger partial charge on any atom is -0.354 e. The summed E-state index contributed by atoms with van der Waals surface area (Å²) in [5.41, 5.74) is 3.23. The van der Waals surface area contributed by atoms with E-state index in [-0.39, 0.29) is 24.3 Å². The second-order valence-electron chi connectivity index (χ2n) is 8.28. The molecule has 0 spiro atoms. The molecule has 0 saturated carbocycles. The molecule has 1 atom stereocenters. The minimum atomic E-state index is -0.584. The third-order valence-electron chi connectivity index (χ3n) is 5.77. The smallest absolute Gasteiger partial charge is 0.254 e. The Kier molecular flexibility index (Phi) is 6.65. The number of H-pyrrole nitrogens is 1. The SMILES string of the molecule is CC(=O)NC[C@H](NC(=O)c1ccc(C(=O)N2CCCC2)c(C)c1)c1nc2cc(Cl)ccc2[nH]1. The Labute approximate surface area is 196 Å². The molecule has 1 aromatic heterocycles. The lowest BCUT2D eigenvalue weighted by Gasteiger charge is -2.19. The van der Waals surface area contributed by atoms with Gasteiger partial charge in [-0.25, -0.2) is 4.98 Å². The number of amides is 3. The molecule has 1 aliphatic rings. The molecule has 2 aromatic carbocycles. The summed E-state index contributed by atoms with van der Waals surface area (Å²) in [5, 5.41) is 6.23. The number of aromatic amines is 1. The topological polar surface area (TPSA) is 107 Å². The molecule has 172 valence electrons. The van der Waals surface area contributed by atoms with Gasteiger partial charge in [-0.15, -0.1) is 0 Å². The Morgan fingerprint density at radius 2 is 1.91 bits per heavy atom. The van der Waals surface area contributed by atoms with E-state index in [9.17, 15) is 14.4 Å². The first-order chi connectivity index (χ1) is 15.8. The predicted octanol–water partition coefficient (Wildman–Crippen LogP) is 3.37. The van der Waals surface area contributed by atoms with Gasteiger partial charge < -0.3 is 20.5 Å². The van der Waals surface area contributed by atoms with Gasteiger partial charge in [0.15, 0.2) is 0 Å². The lowest BCUT2D eigenvalue weighted by atomic mass is 10.0. The van der Waals surface area contributed by atoms with Gasteiger partial charge in [-0.3, -0.25) is 14.4 Å². The van der Waals surface area contributed by atoms with E-state index in [1.54, 1.807) is 30.3 Å². The Hall–Kier alpha value is -3.39. The average molecular weight is 468 g/mol. The Morgan fingerprint density at radius 1 is 1.15 bits per heavy atom. The number of aryl methyl sites for hydroxylation is 1. The van der Waals surface area contributed by atoms with Crippen molar-refractivity contribution in [3.63, 3.8) is 0 Å². The number of carbonyl (C=O) groups is 3. The van der Waals surface area contributed by atoms with E-state index in [1.807, 2.05) is 17.9 Å². The van der Waals surface area contributed by atoms with E-state index >= 15 is 0 Å². The van der Waals surface area contributed by atoms with Gasteiger partial charge in [-0.2, -0.15) is 0 Å².